The Labute approximate surface area is 166 Å². The molecule has 0 saturated carbocycles. The van der Waals surface area contributed by atoms with Gasteiger partial charge in [-0.05, 0) is 24.5 Å². The number of anilines is 2. The third kappa shape index (κ3) is 2.90. The first-order valence-electron chi connectivity index (χ1n) is 8.38. The summed E-state index contributed by atoms with van der Waals surface area (Å²) in [5.41, 5.74) is 2.40. The van der Waals surface area contributed by atoms with E-state index in [2.05, 4.69) is 16.4 Å². The zero-order valence-corrected chi connectivity index (χ0v) is 16.3. The molecule has 4 rings (SSSR count). The fourth-order valence-corrected chi connectivity index (χ4v) is 3.65. The van der Waals surface area contributed by atoms with Crippen molar-refractivity contribution in [1.82, 2.24) is 4.98 Å². The van der Waals surface area contributed by atoms with Crippen molar-refractivity contribution in [2.45, 2.75) is 4.90 Å². The summed E-state index contributed by atoms with van der Waals surface area (Å²) >= 11 is 1.58. The van der Waals surface area contributed by atoms with Crippen LogP contribution in [0.1, 0.15) is 5.56 Å². The normalized spacial score (nSPS) is 11.9. The average molecular weight is 395 g/mol. The molecule has 1 aromatic heterocycles. The number of fused-ring (bicyclic) bond motifs is 2. The molecule has 3 aromatic rings. The molecule has 1 N–H and O–H groups in total. The Morgan fingerprint density at radius 3 is 2.61 bits per heavy atom. The molecule has 2 aromatic carbocycles. The highest BCUT2D eigenvalue weighted by Gasteiger charge is 2.23. The molecule has 0 saturated heterocycles. The van der Waals surface area contributed by atoms with E-state index < -0.39 is 0 Å². The van der Waals surface area contributed by atoms with Crippen molar-refractivity contribution < 1.29 is 18.9 Å². The zero-order valence-electron chi connectivity index (χ0n) is 15.5. The maximum absolute atomic E-state index is 9.61. The molecular weight excluding hydrogens is 378 g/mol. The SMILES string of the molecule is COc1cc2ncc(C#N)c(Nc3ccc(SC)c4c3OCO4)c2cc1OC. The van der Waals surface area contributed by atoms with Crippen LogP contribution in [0.5, 0.6) is 23.0 Å². The van der Waals surface area contributed by atoms with Gasteiger partial charge >= 0.3 is 0 Å². The number of thioether (sulfide) groups is 1. The van der Waals surface area contributed by atoms with E-state index in [0.717, 1.165) is 10.3 Å². The van der Waals surface area contributed by atoms with Crippen molar-refractivity contribution in [2.75, 3.05) is 32.6 Å². The van der Waals surface area contributed by atoms with E-state index in [1.54, 1.807) is 38.1 Å². The van der Waals surface area contributed by atoms with Gasteiger partial charge in [-0.1, -0.05) is 0 Å². The fourth-order valence-electron chi connectivity index (χ4n) is 3.10. The lowest BCUT2D eigenvalue weighted by molar-refractivity contribution is 0.172. The highest BCUT2D eigenvalue weighted by atomic mass is 32.2. The van der Waals surface area contributed by atoms with E-state index in [-0.39, 0.29) is 6.79 Å². The second kappa shape index (κ2) is 7.37. The van der Waals surface area contributed by atoms with Gasteiger partial charge in [0.15, 0.2) is 23.0 Å². The van der Waals surface area contributed by atoms with Crippen LogP contribution in [0.2, 0.25) is 0 Å². The number of hydrogen-bond donors (Lipinski definition) is 1. The van der Waals surface area contributed by atoms with Crippen LogP contribution in [0.15, 0.2) is 35.4 Å². The number of nitrogens with one attached hydrogen (secondary N) is 1. The minimum Gasteiger partial charge on any atom is -0.493 e. The first kappa shape index (κ1) is 18.1. The number of aromatic nitrogens is 1. The van der Waals surface area contributed by atoms with Crippen LogP contribution in [0.4, 0.5) is 11.4 Å². The molecule has 142 valence electrons. The van der Waals surface area contributed by atoms with Crippen LogP contribution >= 0.6 is 11.8 Å². The van der Waals surface area contributed by atoms with Gasteiger partial charge in [-0.2, -0.15) is 5.26 Å². The van der Waals surface area contributed by atoms with Crippen molar-refractivity contribution in [3.8, 4) is 29.1 Å². The molecule has 0 unspecified atom stereocenters. The molecule has 0 aliphatic carbocycles. The zero-order chi connectivity index (χ0) is 19.7. The van der Waals surface area contributed by atoms with E-state index >= 15 is 0 Å². The number of rotatable bonds is 5. The number of pyridine rings is 1. The van der Waals surface area contributed by atoms with Crippen LogP contribution in [0.25, 0.3) is 10.9 Å². The molecule has 8 heteroatoms. The Hall–Kier alpha value is -3.31. The third-order valence-corrected chi connectivity index (χ3v) is 5.22. The van der Waals surface area contributed by atoms with Crippen molar-refractivity contribution in [3.63, 3.8) is 0 Å². The molecule has 1 aliphatic rings. The Bertz CT molecular complexity index is 1110. The number of nitriles is 1. The van der Waals surface area contributed by atoms with Gasteiger partial charge in [0.25, 0.3) is 0 Å². The summed E-state index contributed by atoms with van der Waals surface area (Å²) in [6.45, 7) is 0.162. The summed E-state index contributed by atoms with van der Waals surface area (Å²) in [4.78, 5) is 5.37. The van der Waals surface area contributed by atoms with Crippen molar-refractivity contribution in [2.24, 2.45) is 0 Å². The molecule has 1 aliphatic heterocycles. The molecule has 0 bridgehead atoms. The molecule has 0 spiro atoms. The van der Waals surface area contributed by atoms with Crippen LogP contribution < -0.4 is 24.3 Å². The largest absolute Gasteiger partial charge is 0.493 e. The Balaban J connectivity index is 1.89. The predicted molar refractivity (Wildman–Crippen MR) is 107 cm³/mol. The Morgan fingerprint density at radius 2 is 1.89 bits per heavy atom. The van der Waals surface area contributed by atoms with E-state index in [1.807, 2.05) is 18.4 Å². The first-order valence-corrected chi connectivity index (χ1v) is 9.61. The molecule has 7 nitrogen and oxygen atoms in total. The summed E-state index contributed by atoms with van der Waals surface area (Å²) in [7, 11) is 3.14. The second-order valence-electron chi connectivity index (χ2n) is 5.89. The number of ether oxygens (including phenoxy) is 4. The number of methoxy groups -OCH3 is 2. The summed E-state index contributed by atoms with van der Waals surface area (Å²) in [6.07, 6.45) is 3.51. The second-order valence-corrected chi connectivity index (χ2v) is 6.74. The maximum Gasteiger partial charge on any atom is 0.231 e. The minimum absolute atomic E-state index is 0.162. The summed E-state index contributed by atoms with van der Waals surface area (Å²) in [5.74, 6) is 2.45. The molecular formula is C20H17N3O4S. The van der Waals surface area contributed by atoms with Gasteiger partial charge in [0.2, 0.25) is 6.79 Å². The van der Waals surface area contributed by atoms with Gasteiger partial charge in [0.05, 0.1) is 41.6 Å². The smallest absolute Gasteiger partial charge is 0.231 e. The Kier molecular flexibility index (Phi) is 4.75. The van der Waals surface area contributed by atoms with E-state index in [0.29, 0.717) is 45.5 Å². The van der Waals surface area contributed by atoms with E-state index in [9.17, 15) is 5.26 Å². The lowest BCUT2D eigenvalue weighted by Crippen LogP contribution is -2.00. The van der Waals surface area contributed by atoms with Crippen LogP contribution in [0, 0.1) is 11.3 Å². The highest BCUT2D eigenvalue weighted by molar-refractivity contribution is 7.98. The van der Waals surface area contributed by atoms with Crippen molar-refractivity contribution in [3.05, 3.63) is 36.0 Å². The minimum atomic E-state index is 0.162. The van der Waals surface area contributed by atoms with E-state index in [1.165, 1.54) is 6.20 Å². The van der Waals surface area contributed by atoms with Gasteiger partial charge in [0.1, 0.15) is 6.07 Å². The van der Waals surface area contributed by atoms with Gasteiger partial charge in [-0.25, -0.2) is 0 Å². The maximum atomic E-state index is 9.61. The molecule has 0 amide bonds. The fraction of sp³-hybridized carbons (Fsp3) is 0.200. The predicted octanol–water partition coefficient (Wildman–Crippen LogP) is 4.32. The molecule has 2 heterocycles. The summed E-state index contributed by atoms with van der Waals surface area (Å²) < 4.78 is 22.1. The van der Waals surface area contributed by atoms with Crippen LogP contribution in [0.3, 0.4) is 0 Å². The number of benzene rings is 2. The lowest BCUT2D eigenvalue weighted by atomic mass is 10.1. The van der Waals surface area contributed by atoms with Gasteiger partial charge in [0, 0.05) is 17.6 Å². The molecule has 0 atom stereocenters. The molecule has 0 radical (unpaired) electrons. The summed E-state index contributed by atoms with van der Waals surface area (Å²) in [5, 5.41) is 13.7. The first-order chi connectivity index (χ1) is 13.7. The summed E-state index contributed by atoms with van der Waals surface area (Å²) in [6, 6.07) is 9.64. The monoisotopic (exact) mass is 395 g/mol. The van der Waals surface area contributed by atoms with Crippen molar-refractivity contribution in [1.29, 1.82) is 5.26 Å². The van der Waals surface area contributed by atoms with Gasteiger partial charge in [-0.3, -0.25) is 4.98 Å². The molecule has 28 heavy (non-hydrogen) atoms. The Morgan fingerprint density at radius 1 is 1.14 bits per heavy atom. The van der Waals surface area contributed by atoms with Gasteiger partial charge in [-0.15, -0.1) is 11.8 Å². The van der Waals surface area contributed by atoms with Gasteiger partial charge < -0.3 is 24.3 Å². The van der Waals surface area contributed by atoms with E-state index in [4.69, 9.17) is 18.9 Å². The quantitative estimate of drug-likeness (QED) is 0.640. The van der Waals surface area contributed by atoms with Crippen molar-refractivity contribution >= 4 is 34.0 Å². The third-order valence-electron chi connectivity index (χ3n) is 4.46. The standard InChI is InChI=1S/C20H17N3O4S/c1-24-15-6-12-14(7-16(15)25-2)22-9-11(8-21)18(12)23-13-4-5-17(28-3)20-19(13)26-10-27-20/h4-7,9H,10H2,1-3H3,(H,22,23). The topological polar surface area (TPSA) is 85.6 Å². The van der Waals surface area contributed by atoms with Crippen LogP contribution in [-0.4, -0.2) is 32.3 Å². The van der Waals surface area contributed by atoms with Crippen LogP contribution in [-0.2, 0) is 0 Å². The number of hydrogen-bond acceptors (Lipinski definition) is 8. The highest BCUT2D eigenvalue weighted by Crippen LogP contribution is 2.47. The molecule has 0 fully saturated rings. The number of nitrogens with zero attached hydrogens (tertiary/aromatic N) is 2. The lowest BCUT2D eigenvalue weighted by Gasteiger charge is -2.15. The average Bonchev–Trinajstić information content (AvgIpc) is 3.23.